The van der Waals surface area contributed by atoms with E-state index >= 15 is 0 Å². The van der Waals surface area contributed by atoms with E-state index in [9.17, 15) is 14.0 Å². The maximum absolute atomic E-state index is 14.7. The first kappa shape index (κ1) is 27.6. The fraction of sp³-hybridized carbons (Fsp3) is 0.355. The quantitative estimate of drug-likeness (QED) is 0.333. The Labute approximate surface area is 228 Å². The molecule has 5 nitrogen and oxygen atoms in total. The predicted molar refractivity (Wildman–Crippen MR) is 148 cm³/mol. The second-order valence-corrected chi connectivity index (χ2v) is 10.3. The van der Waals surface area contributed by atoms with Crippen LogP contribution >= 0.6 is 11.6 Å². The molecule has 0 bridgehead atoms. The minimum Gasteiger partial charge on any atom is -0.484 e. The fourth-order valence-electron chi connectivity index (χ4n) is 4.84. The molecule has 0 radical (unpaired) electrons. The first-order chi connectivity index (χ1) is 18.4. The van der Waals surface area contributed by atoms with E-state index in [2.05, 4.69) is 5.32 Å². The van der Waals surface area contributed by atoms with E-state index in [1.54, 1.807) is 36.4 Å². The summed E-state index contributed by atoms with van der Waals surface area (Å²) in [7, 11) is 0. The Balaban J connectivity index is 1.62. The number of nitrogens with one attached hydrogen (secondary N) is 1. The number of amides is 2. The fourth-order valence-corrected chi connectivity index (χ4v) is 4.96. The average molecular weight is 537 g/mol. The van der Waals surface area contributed by atoms with Crippen LogP contribution in [0.3, 0.4) is 0 Å². The highest BCUT2D eigenvalue weighted by Gasteiger charge is 2.32. The molecule has 1 aliphatic rings. The van der Waals surface area contributed by atoms with Gasteiger partial charge in [0.25, 0.3) is 5.91 Å². The lowest BCUT2D eigenvalue weighted by Gasteiger charge is -2.33. The number of rotatable bonds is 10. The molecule has 1 aliphatic carbocycles. The first-order valence-corrected chi connectivity index (χ1v) is 13.5. The van der Waals surface area contributed by atoms with E-state index in [0.29, 0.717) is 22.8 Å². The van der Waals surface area contributed by atoms with Gasteiger partial charge in [0.05, 0.1) is 0 Å². The van der Waals surface area contributed by atoms with Crippen LogP contribution in [0.15, 0.2) is 72.8 Å². The molecule has 0 aromatic heterocycles. The molecule has 1 atom stereocenters. The van der Waals surface area contributed by atoms with Crippen LogP contribution in [0.2, 0.25) is 5.02 Å². The summed E-state index contributed by atoms with van der Waals surface area (Å²) in [6, 6.07) is 20.3. The summed E-state index contributed by atoms with van der Waals surface area (Å²) in [5.41, 5.74) is 2.08. The van der Waals surface area contributed by atoms with Crippen molar-refractivity contribution in [1.29, 1.82) is 0 Å². The van der Waals surface area contributed by atoms with Gasteiger partial charge in [0, 0.05) is 29.6 Å². The van der Waals surface area contributed by atoms with Gasteiger partial charge in [-0.25, -0.2) is 4.39 Å². The highest BCUT2D eigenvalue weighted by molar-refractivity contribution is 6.31. The molecule has 1 N–H and O–H groups in total. The number of carbonyl (C=O) groups is 2. The zero-order valence-electron chi connectivity index (χ0n) is 21.7. The van der Waals surface area contributed by atoms with Crippen LogP contribution in [0, 0.1) is 12.7 Å². The van der Waals surface area contributed by atoms with Crippen LogP contribution in [0.5, 0.6) is 5.75 Å². The van der Waals surface area contributed by atoms with Crippen molar-refractivity contribution in [2.45, 2.75) is 64.1 Å². The molecule has 200 valence electrons. The van der Waals surface area contributed by atoms with Crippen molar-refractivity contribution in [1.82, 2.24) is 10.2 Å². The Hall–Kier alpha value is -3.38. The normalized spacial score (nSPS) is 14.5. The van der Waals surface area contributed by atoms with Crippen LogP contribution in [0.25, 0.3) is 0 Å². The van der Waals surface area contributed by atoms with Gasteiger partial charge >= 0.3 is 0 Å². The number of nitrogens with zero attached hydrogens (tertiary/aromatic N) is 1. The third-order valence-electron chi connectivity index (χ3n) is 7.01. The van der Waals surface area contributed by atoms with Crippen LogP contribution in [0.1, 0.15) is 48.8 Å². The topological polar surface area (TPSA) is 58.6 Å². The third kappa shape index (κ3) is 7.57. The second-order valence-electron chi connectivity index (χ2n) is 9.86. The number of benzene rings is 3. The van der Waals surface area contributed by atoms with E-state index in [0.717, 1.165) is 36.8 Å². The molecule has 2 amide bonds. The Kier molecular flexibility index (Phi) is 9.77. The average Bonchev–Trinajstić information content (AvgIpc) is 2.93. The van der Waals surface area contributed by atoms with Crippen LogP contribution in [-0.2, 0) is 22.6 Å². The van der Waals surface area contributed by atoms with Gasteiger partial charge in [0.1, 0.15) is 17.6 Å². The maximum atomic E-state index is 14.7. The minimum absolute atomic E-state index is 0.0515. The molecular formula is C31H34ClFN2O3. The molecule has 3 aromatic carbocycles. The van der Waals surface area contributed by atoms with Gasteiger partial charge in [0.15, 0.2) is 6.61 Å². The molecule has 4 rings (SSSR count). The summed E-state index contributed by atoms with van der Waals surface area (Å²) in [6.45, 7) is 1.51. The van der Waals surface area contributed by atoms with Crippen molar-refractivity contribution in [3.63, 3.8) is 0 Å². The van der Waals surface area contributed by atoms with E-state index in [4.69, 9.17) is 16.3 Å². The summed E-state index contributed by atoms with van der Waals surface area (Å²) >= 11 is 6.12. The SMILES string of the molecule is Cc1cc(OCC(=O)N(Cc2ccccc2F)[C@@H](Cc2ccccc2)C(=O)NC2CCCCC2)ccc1Cl. The number of carbonyl (C=O) groups excluding carboxylic acids is 2. The van der Waals surface area contributed by atoms with Gasteiger partial charge in [0.2, 0.25) is 5.91 Å². The summed E-state index contributed by atoms with van der Waals surface area (Å²) < 4.78 is 20.5. The molecule has 0 saturated heterocycles. The Morgan fingerprint density at radius 3 is 2.45 bits per heavy atom. The Morgan fingerprint density at radius 1 is 1.03 bits per heavy atom. The number of hydrogen-bond donors (Lipinski definition) is 1. The maximum Gasteiger partial charge on any atom is 0.261 e. The lowest BCUT2D eigenvalue weighted by molar-refractivity contribution is -0.143. The van der Waals surface area contributed by atoms with E-state index in [-0.39, 0.29) is 25.1 Å². The van der Waals surface area contributed by atoms with E-state index in [1.807, 2.05) is 37.3 Å². The van der Waals surface area contributed by atoms with Crippen molar-refractivity contribution in [2.75, 3.05) is 6.61 Å². The van der Waals surface area contributed by atoms with E-state index in [1.165, 1.54) is 17.4 Å². The summed E-state index contributed by atoms with van der Waals surface area (Å²) in [5, 5.41) is 3.78. The van der Waals surface area contributed by atoms with Crippen molar-refractivity contribution in [3.8, 4) is 5.75 Å². The van der Waals surface area contributed by atoms with Gasteiger partial charge in [-0.15, -0.1) is 0 Å². The van der Waals surface area contributed by atoms with Gasteiger partial charge in [-0.05, 0) is 55.2 Å². The highest BCUT2D eigenvalue weighted by Crippen LogP contribution is 2.23. The van der Waals surface area contributed by atoms with Crippen molar-refractivity contribution in [2.24, 2.45) is 0 Å². The Bertz CT molecular complexity index is 1230. The molecule has 0 spiro atoms. The lowest BCUT2D eigenvalue weighted by Crippen LogP contribution is -2.53. The monoisotopic (exact) mass is 536 g/mol. The molecule has 3 aromatic rings. The first-order valence-electron chi connectivity index (χ1n) is 13.2. The molecule has 38 heavy (non-hydrogen) atoms. The van der Waals surface area contributed by atoms with Gasteiger partial charge in [-0.2, -0.15) is 0 Å². The number of aryl methyl sites for hydroxylation is 1. The predicted octanol–water partition coefficient (Wildman–Crippen LogP) is 6.26. The molecular weight excluding hydrogens is 503 g/mol. The summed E-state index contributed by atoms with van der Waals surface area (Å²) in [6.07, 6.45) is 5.45. The summed E-state index contributed by atoms with van der Waals surface area (Å²) in [4.78, 5) is 28.9. The van der Waals surface area contributed by atoms with Gasteiger partial charge in [-0.1, -0.05) is 79.4 Å². The Morgan fingerprint density at radius 2 is 1.74 bits per heavy atom. The number of ether oxygens (including phenoxy) is 1. The van der Waals surface area contributed by atoms with Crippen molar-refractivity contribution in [3.05, 3.63) is 100 Å². The van der Waals surface area contributed by atoms with Crippen LogP contribution < -0.4 is 10.1 Å². The van der Waals surface area contributed by atoms with Crippen LogP contribution in [-0.4, -0.2) is 35.4 Å². The van der Waals surface area contributed by atoms with Crippen molar-refractivity contribution >= 4 is 23.4 Å². The smallest absolute Gasteiger partial charge is 0.261 e. The second kappa shape index (κ2) is 13.4. The zero-order valence-corrected chi connectivity index (χ0v) is 22.4. The molecule has 1 saturated carbocycles. The molecule has 7 heteroatoms. The minimum atomic E-state index is -0.831. The number of hydrogen-bond acceptors (Lipinski definition) is 3. The molecule has 0 unspecified atom stereocenters. The largest absolute Gasteiger partial charge is 0.484 e. The summed E-state index contributed by atoms with van der Waals surface area (Å²) in [5.74, 6) is -0.559. The van der Waals surface area contributed by atoms with Gasteiger partial charge < -0.3 is 15.0 Å². The molecule has 0 aliphatic heterocycles. The van der Waals surface area contributed by atoms with Crippen LogP contribution in [0.4, 0.5) is 4.39 Å². The molecule has 0 heterocycles. The van der Waals surface area contributed by atoms with Crippen molar-refractivity contribution < 1.29 is 18.7 Å². The van der Waals surface area contributed by atoms with E-state index < -0.39 is 17.8 Å². The van der Waals surface area contributed by atoms with Gasteiger partial charge in [-0.3, -0.25) is 9.59 Å². The lowest BCUT2D eigenvalue weighted by atomic mass is 9.94. The third-order valence-corrected chi connectivity index (χ3v) is 7.44. The standard InChI is InChI=1S/C31H34ClFN2O3/c1-22-18-26(16-17-27(22)32)38-21-30(36)35(20-24-12-8-9-15-28(24)33)29(19-23-10-4-2-5-11-23)31(37)34-25-13-6-3-7-14-25/h2,4-5,8-12,15-18,25,29H,3,6-7,13-14,19-21H2,1H3,(H,34,37)/t29-/m0/s1. The highest BCUT2D eigenvalue weighted by atomic mass is 35.5. The molecule has 1 fully saturated rings. The zero-order chi connectivity index (χ0) is 26.9. The number of halogens is 2.